The van der Waals surface area contributed by atoms with Crippen LogP contribution in [0.1, 0.15) is 68.3 Å². The molecule has 2 N–H and O–H groups in total. The summed E-state index contributed by atoms with van der Waals surface area (Å²) in [7, 11) is 0. The van der Waals surface area contributed by atoms with E-state index in [0.717, 1.165) is 12.5 Å². The molecule has 0 spiro atoms. The number of imidazole rings is 1. The molecule has 13 heteroatoms. The first-order chi connectivity index (χ1) is 20.4. The van der Waals surface area contributed by atoms with Gasteiger partial charge >= 0.3 is 6.09 Å². The molecule has 1 atom stereocenters. The number of amides is 2. The summed E-state index contributed by atoms with van der Waals surface area (Å²) >= 11 is 0. The van der Waals surface area contributed by atoms with Crippen LogP contribution in [0.2, 0.25) is 0 Å². The van der Waals surface area contributed by atoms with E-state index in [4.69, 9.17) is 9.47 Å². The zero-order valence-corrected chi connectivity index (χ0v) is 23.8. The molecule has 0 unspecified atom stereocenters. The van der Waals surface area contributed by atoms with Crippen LogP contribution in [0.4, 0.5) is 22.4 Å². The number of nitrogens with one attached hydrogen (secondary N) is 2. The number of carbonyl (C=O) groups is 2. The van der Waals surface area contributed by atoms with Gasteiger partial charge in [0, 0.05) is 33.0 Å². The summed E-state index contributed by atoms with van der Waals surface area (Å²) in [4.78, 5) is 30.8. The highest BCUT2D eigenvalue weighted by atomic mass is 19.3. The van der Waals surface area contributed by atoms with E-state index in [-0.39, 0.29) is 64.3 Å². The average Bonchev–Trinajstić information content (AvgIpc) is 3.41. The maximum atomic E-state index is 14.0. The molecule has 1 saturated carbocycles. The van der Waals surface area contributed by atoms with Crippen molar-refractivity contribution in [3.63, 3.8) is 0 Å². The molecule has 0 bridgehead atoms. The zero-order valence-electron chi connectivity index (χ0n) is 23.8. The Balaban J connectivity index is 1.41. The Bertz CT molecular complexity index is 1410. The summed E-state index contributed by atoms with van der Waals surface area (Å²) in [6.07, 6.45) is 2.70. The first-order valence-corrected chi connectivity index (χ1v) is 14.4. The predicted molar refractivity (Wildman–Crippen MR) is 148 cm³/mol. The standard InChI is InChI=1S/C30H35F4N5O4/c1-28(31,32)19-35-26(40)29(11-13-42-14-12-29)22-15-24-37-23(17-39(24)36-16-22)25(21-7-9-30(33,34)10-8-21)38-27(41)43-18-20-5-3-2-4-6-20/h2-6,15-17,21,25H,7-14,18-19H2,1H3,(H,35,40)(H,38,41)/t25-/m0/s1. The van der Waals surface area contributed by atoms with Gasteiger partial charge in [-0.15, -0.1) is 0 Å². The molecular formula is C30H35F4N5O4. The number of aromatic nitrogens is 3. The molecule has 43 heavy (non-hydrogen) atoms. The van der Waals surface area contributed by atoms with Crippen LogP contribution in [0, 0.1) is 5.92 Å². The summed E-state index contributed by atoms with van der Waals surface area (Å²) in [6, 6.07) is 10.1. The monoisotopic (exact) mass is 605 g/mol. The van der Waals surface area contributed by atoms with E-state index in [0.29, 0.717) is 16.9 Å². The lowest BCUT2D eigenvalue weighted by atomic mass is 9.74. The van der Waals surface area contributed by atoms with Crippen LogP contribution in [0.15, 0.2) is 48.8 Å². The molecular weight excluding hydrogens is 570 g/mol. The maximum Gasteiger partial charge on any atom is 0.408 e. The van der Waals surface area contributed by atoms with Gasteiger partial charge in [-0.05, 0) is 48.8 Å². The Labute approximate surface area is 246 Å². The second-order valence-electron chi connectivity index (χ2n) is 11.5. The Kier molecular flexibility index (Phi) is 8.91. The van der Waals surface area contributed by atoms with Crippen molar-refractivity contribution >= 4 is 17.6 Å². The maximum absolute atomic E-state index is 14.0. The van der Waals surface area contributed by atoms with E-state index < -0.39 is 41.8 Å². The SMILES string of the molecule is CC(F)(F)CNC(=O)C1(c2cnn3cc([C@@H](NC(=O)OCc4ccccc4)C4CCC(F)(F)CC4)nc3c2)CCOCC1. The van der Waals surface area contributed by atoms with E-state index >= 15 is 0 Å². The normalized spacial score (nSPS) is 19.5. The third-order valence-electron chi connectivity index (χ3n) is 8.27. The minimum atomic E-state index is -3.07. The van der Waals surface area contributed by atoms with Crippen molar-refractivity contribution in [1.82, 2.24) is 25.2 Å². The number of ether oxygens (including phenoxy) is 2. The van der Waals surface area contributed by atoms with E-state index in [2.05, 4.69) is 20.7 Å². The van der Waals surface area contributed by atoms with Crippen LogP contribution in [0.25, 0.3) is 5.65 Å². The summed E-state index contributed by atoms with van der Waals surface area (Å²) in [5.74, 6) is -6.70. The van der Waals surface area contributed by atoms with Gasteiger partial charge in [-0.25, -0.2) is 31.9 Å². The first kappa shape index (κ1) is 30.7. The summed E-state index contributed by atoms with van der Waals surface area (Å²) in [5, 5.41) is 9.65. The van der Waals surface area contributed by atoms with E-state index in [9.17, 15) is 27.2 Å². The topological polar surface area (TPSA) is 107 Å². The van der Waals surface area contributed by atoms with Crippen LogP contribution < -0.4 is 10.6 Å². The lowest BCUT2D eigenvalue weighted by molar-refractivity contribution is -0.132. The highest BCUT2D eigenvalue weighted by Crippen LogP contribution is 2.42. The third-order valence-corrected chi connectivity index (χ3v) is 8.27. The molecule has 1 aliphatic carbocycles. The van der Waals surface area contributed by atoms with Gasteiger partial charge in [0.25, 0.3) is 5.92 Å². The number of rotatable bonds is 9. The number of halogens is 4. The van der Waals surface area contributed by atoms with Crippen LogP contribution in [-0.4, -0.2) is 58.2 Å². The lowest BCUT2D eigenvalue weighted by Crippen LogP contribution is -2.50. The van der Waals surface area contributed by atoms with Crippen molar-refractivity contribution < 1.29 is 36.6 Å². The van der Waals surface area contributed by atoms with Crippen molar-refractivity contribution in [2.24, 2.45) is 5.92 Å². The highest BCUT2D eigenvalue weighted by Gasteiger charge is 2.43. The van der Waals surface area contributed by atoms with Crippen LogP contribution in [0.5, 0.6) is 0 Å². The molecule has 1 saturated heterocycles. The molecule has 3 heterocycles. The van der Waals surface area contributed by atoms with Gasteiger partial charge in [0.2, 0.25) is 11.8 Å². The van der Waals surface area contributed by atoms with E-state index in [1.54, 1.807) is 12.3 Å². The Hall–Kier alpha value is -3.74. The molecule has 2 aromatic heterocycles. The Morgan fingerprint density at radius 2 is 1.84 bits per heavy atom. The van der Waals surface area contributed by atoms with E-state index in [1.807, 2.05) is 30.3 Å². The molecule has 2 amide bonds. The number of hydrogen-bond acceptors (Lipinski definition) is 6. The molecule has 3 aromatic rings. The lowest BCUT2D eigenvalue weighted by Gasteiger charge is -2.36. The molecule has 1 aliphatic heterocycles. The van der Waals surface area contributed by atoms with Gasteiger partial charge in [0.15, 0.2) is 5.65 Å². The smallest absolute Gasteiger partial charge is 0.408 e. The molecule has 1 aromatic carbocycles. The summed E-state index contributed by atoms with van der Waals surface area (Å²) in [6.45, 7) is 0.509. The molecule has 0 radical (unpaired) electrons. The second kappa shape index (κ2) is 12.5. The fourth-order valence-electron chi connectivity index (χ4n) is 5.80. The number of alkyl halides is 4. The number of benzene rings is 1. The Morgan fingerprint density at radius 1 is 1.14 bits per heavy atom. The molecule has 2 fully saturated rings. The Morgan fingerprint density at radius 3 is 2.51 bits per heavy atom. The van der Waals surface area contributed by atoms with E-state index in [1.165, 1.54) is 10.7 Å². The average molecular weight is 606 g/mol. The van der Waals surface area contributed by atoms with Crippen molar-refractivity contribution in [2.75, 3.05) is 19.8 Å². The molecule has 2 aliphatic rings. The van der Waals surface area contributed by atoms with Gasteiger partial charge in [-0.2, -0.15) is 5.10 Å². The van der Waals surface area contributed by atoms with Gasteiger partial charge < -0.3 is 20.1 Å². The summed E-state index contributed by atoms with van der Waals surface area (Å²) < 4.78 is 67.4. The van der Waals surface area contributed by atoms with Gasteiger partial charge in [0.1, 0.15) is 6.61 Å². The van der Waals surface area contributed by atoms with Crippen molar-refractivity contribution in [1.29, 1.82) is 0 Å². The number of nitrogens with zero attached hydrogens (tertiary/aromatic N) is 3. The van der Waals surface area contributed by atoms with Gasteiger partial charge in [-0.3, -0.25) is 4.79 Å². The molecule has 232 valence electrons. The fraction of sp³-hybridized carbons (Fsp3) is 0.533. The van der Waals surface area contributed by atoms with Crippen LogP contribution in [0.3, 0.4) is 0 Å². The minimum absolute atomic E-state index is 0.0377. The van der Waals surface area contributed by atoms with Crippen LogP contribution >= 0.6 is 0 Å². The zero-order chi connectivity index (χ0) is 30.7. The highest BCUT2D eigenvalue weighted by molar-refractivity contribution is 5.88. The number of fused-ring (bicyclic) bond motifs is 1. The largest absolute Gasteiger partial charge is 0.445 e. The first-order valence-electron chi connectivity index (χ1n) is 14.4. The minimum Gasteiger partial charge on any atom is -0.445 e. The number of hydrogen-bond donors (Lipinski definition) is 2. The second-order valence-corrected chi connectivity index (χ2v) is 11.5. The van der Waals surface area contributed by atoms with Crippen molar-refractivity contribution in [2.45, 2.75) is 75.4 Å². The number of alkyl carbamates (subject to hydrolysis) is 1. The number of carbonyl (C=O) groups excluding carboxylic acids is 2. The molecule has 5 rings (SSSR count). The van der Waals surface area contributed by atoms with Crippen molar-refractivity contribution in [3.8, 4) is 0 Å². The predicted octanol–water partition coefficient (Wildman–Crippen LogP) is 5.34. The molecule has 9 nitrogen and oxygen atoms in total. The quantitative estimate of drug-likeness (QED) is 0.319. The van der Waals surface area contributed by atoms with Gasteiger partial charge in [-0.1, -0.05) is 30.3 Å². The summed E-state index contributed by atoms with van der Waals surface area (Å²) in [5.41, 5.74) is 0.925. The van der Waals surface area contributed by atoms with Crippen LogP contribution in [-0.2, 0) is 26.3 Å². The van der Waals surface area contributed by atoms with Crippen molar-refractivity contribution in [3.05, 3.63) is 65.6 Å². The van der Waals surface area contributed by atoms with Gasteiger partial charge in [0.05, 0.1) is 36.1 Å². The third kappa shape index (κ3) is 7.43. The fourth-order valence-corrected chi connectivity index (χ4v) is 5.80.